The van der Waals surface area contributed by atoms with Gasteiger partial charge in [-0.15, -0.1) is 0 Å². The summed E-state index contributed by atoms with van der Waals surface area (Å²) >= 11 is 10.2. The Morgan fingerprint density at radius 2 is 2.45 bits per heavy atom. The van der Waals surface area contributed by atoms with E-state index in [1.54, 1.807) is 18.3 Å². The average Bonchev–Trinajstić information content (AvgIpc) is 1.85. The van der Waals surface area contributed by atoms with Gasteiger partial charge in [0.2, 0.25) is 0 Å². The first-order chi connectivity index (χ1) is 5.18. The molecule has 1 aromatic heterocycles. The molecular formula is C6H6ClN3S. The number of nitrogens with two attached hydrogens (primary N) is 1. The highest BCUT2D eigenvalue weighted by atomic mass is 35.5. The first-order valence-corrected chi connectivity index (χ1v) is 3.65. The summed E-state index contributed by atoms with van der Waals surface area (Å²) in [4.78, 5) is 3.79. The molecule has 1 rings (SSSR count). The van der Waals surface area contributed by atoms with Crippen molar-refractivity contribution < 1.29 is 0 Å². The minimum Gasteiger partial charge on any atom is -0.376 e. The average molecular weight is 188 g/mol. The van der Waals surface area contributed by atoms with Crippen LogP contribution in [0.1, 0.15) is 0 Å². The number of nitrogens with zero attached hydrogens (tertiary/aromatic N) is 1. The lowest BCUT2D eigenvalue weighted by Crippen LogP contribution is -2.18. The third-order valence-electron chi connectivity index (χ3n) is 0.994. The van der Waals surface area contributed by atoms with Crippen molar-refractivity contribution in [3.05, 3.63) is 23.5 Å². The minimum absolute atomic E-state index is 0.215. The summed E-state index contributed by atoms with van der Waals surface area (Å²) in [5.41, 5.74) is 5.98. The van der Waals surface area contributed by atoms with E-state index in [0.717, 1.165) is 5.69 Å². The van der Waals surface area contributed by atoms with Gasteiger partial charge in [0.25, 0.3) is 0 Å². The molecule has 3 nitrogen and oxygen atoms in total. The quantitative estimate of drug-likeness (QED) is 0.516. The molecule has 0 spiro atoms. The number of hydrogen-bond donors (Lipinski definition) is 2. The Morgan fingerprint density at radius 1 is 1.73 bits per heavy atom. The molecule has 1 heterocycles. The summed E-state index contributed by atoms with van der Waals surface area (Å²) in [6.07, 6.45) is 1.57. The molecule has 58 valence electrons. The van der Waals surface area contributed by atoms with Gasteiger partial charge in [0.15, 0.2) is 5.11 Å². The monoisotopic (exact) mass is 187 g/mol. The van der Waals surface area contributed by atoms with Crippen LogP contribution < -0.4 is 11.1 Å². The maximum Gasteiger partial charge on any atom is 0.168 e. The molecule has 0 aliphatic carbocycles. The Balaban J connectivity index is 2.79. The molecule has 0 unspecified atom stereocenters. The van der Waals surface area contributed by atoms with Crippen LogP contribution >= 0.6 is 23.8 Å². The summed E-state index contributed by atoms with van der Waals surface area (Å²) in [5.74, 6) is 0. The van der Waals surface area contributed by atoms with Gasteiger partial charge < -0.3 is 11.1 Å². The summed E-state index contributed by atoms with van der Waals surface area (Å²) in [6, 6.07) is 3.37. The normalized spacial score (nSPS) is 9.18. The topological polar surface area (TPSA) is 50.9 Å². The largest absolute Gasteiger partial charge is 0.376 e. The molecule has 11 heavy (non-hydrogen) atoms. The molecule has 0 saturated carbocycles. The SMILES string of the molecule is NC(=S)Nc1ccnc(Cl)c1. The Bertz CT molecular complexity index is 276. The van der Waals surface area contributed by atoms with E-state index < -0.39 is 0 Å². The number of pyridine rings is 1. The molecule has 0 aromatic carbocycles. The molecule has 0 saturated heterocycles. The van der Waals surface area contributed by atoms with E-state index >= 15 is 0 Å². The second-order valence-corrected chi connectivity index (χ2v) is 2.68. The zero-order chi connectivity index (χ0) is 8.27. The Kier molecular flexibility index (Phi) is 2.62. The van der Waals surface area contributed by atoms with Crippen LogP contribution in [0.15, 0.2) is 18.3 Å². The Labute approximate surface area is 74.6 Å². The molecule has 5 heteroatoms. The second-order valence-electron chi connectivity index (χ2n) is 1.86. The molecule has 0 atom stereocenters. The van der Waals surface area contributed by atoms with Crippen molar-refractivity contribution in [1.29, 1.82) is 0 Å². The molecular weight excluding hydrogens is 182 g/mol. The maximum absolute atomic E-state index is 5.59. The second kappa shape index (κ2) is 3.50. The van der Waals surface area contributed by atoms with Crippen LogP contribution in [0.3, 0.4) is 0 Å². The molecule has 1 aromatic rings. The van der Waals surface area contributed by atoms with Crippen molar-refractivity contribution in [2.75, 3.05) is 5.32 Å². The number of hydrogen-bond acceptors (Lipinski definition) is 2. The van der Waals surface area contributed by atoms with E-state index in [9.17, 15) is 0 Å². The number of aromatic nitrogens is 1. The van der Waals surface area contributed by atoms with Crippen molar-refractivity contribution in [2.45, 2.75) is 0 Å². The predicted octanol–water partition coefficient (Wildman–Crippen LogP) is 1.39. The molecule has 0 amide bonds. The van der Waals surface area contributed by atoms with Crippen LogP contribution in [0, 0.1) is 0 Å². The van der Waals surface area contributed by atoms with Gasteiger partial charge in [0.1, 0.15) is 5.15 Å². The molecule has 3 N–H and O–H groups in total. The molecule has 0 fully saturated rings. The fraction of sp³-hybridized carbons (Fsp3) is 0. The van der Waals surface area contributed by atoms with Gasteiger partial charge in [0, 0.05) is 11.9 Å². The molecule has 0 aliphatic heterocycles. The van der Waals surface area contributed by atoms with E-state index in [4.69, 9.17) is 17.3 Å². The van der Waals surface area contributed by atoms with Crippen LogP contribution in [0.25, 0.3) is 0 Å². The van der Waals surface area contributed by atoms with Gasteiger partial charge in [-0.1, -0.05) is 11.6 Å². The highest BCUT2D eigenvalue weighted by Crippen LogP contribution is 2.10. The van der Waals surface area contributed by atoms with Gasteiger partial charge in [-0.25, -0.2) is 4.98 Å². The van der Waals surface area contributed by atoms with Gasteiger partial charge in [-0.3, -0.25) is 0 Å². The van der Waals surface area contributed by atoms with Crippen LogP contribution in [0.2, 0.25) is 5.15 Å². The zero-order valence-corrected chi connectivity index (χ0v) is 7.12. The van der Waals surface area contributed by atoms with E-state index in [2.05, 4.69) is 22.5 Å². The Hall–Kier alpha value is -0.870. The van der Waals surface area contributed by atoms with E-state index in [-0.39, 0.29) is 5.11 Å². The van der Waals surface area contributed by atoms with Gasteiger partial charge in [-0.05, 0) is 24.4 Å². The summed E-state index contributed by atoms with van der Waals surface area (Å²) < 4.78 is 0. The van der Waals surface area contributed by atoms with Crippen LogP contribution in [-0.4, -0.2) is 10.1 Å². The third-order valence-corrected chi connectivity index (χ3v) is 1.30. The predicted molar refractivity (Wildman–Crippen MR) is 49.7 cm³/mol. The minimum atomic E-state index is 0.215. The third kappa shape index (κ3) is 2.69. The Morgan fingerprint density at radius 3 is 3.00 bits per heavy atom. The summed E-state index contributed by atoms with van der Waals surface area (Å²) in [5, 5.41) is 3.35. The van der Waals surface area contributed by atoms with Gasteiger partial charge in [0.05, 0.1) is 0 Å². The maximum atomic E-state index is 5.59. The smallest absolute Gasteiger partial charge is 0.168 e. The highest BCUT2D eigenvalue weighted by Gasteiger charge is 1.93. The van der Waals surface area contributed by atoms with Crippen LogP contribution in [0.4, 0.5) is 5.69 Å². The number of rotatable bonds is 1. The summed E-state index contributed by atoms with van der Waals surface area (Å²) in [7, 11) is 0. The first-order valence-electron chi connectivity index (χ1n) is 2.86. The van der Waals surface area contributed by atoms with Gasteiger partial charge >= 0.3 is 0 Å². The lowest BCUT2D eigenvalue weighted by atomic mass is 10.4. The highest BCUT2D eigenvalue weighted by molar-refractivity contribution is 7.80. The van der Waals surface area contributed by atoms with Crippen LogP contribution in [-0.2, 0) is 0 Å². The van der Waals surface area contributed by atoms with Gasteiger partial charge in [-0.2, -0.15) is 0 Å². The van der Waals surface area contributed by atoms with Crippen molar-refractivity contribution in [2.24, 2.45) is 5.73 Å². The standard InChI is InChI=1S/C6H6ClN3S/c7-5-3-4(1-2-9-5)10-6(8)11/h1-3H,(H3,8,9,10,11). The van der Waals surface area contributed by atoms with Crippen molar-refractivity contribution >= 4 is 34.6 Å². The van der Waals surface area contributed by atoms with E-state index in [1.165, 1.54) is 0 Å². The number of thiocarbonyl (C=S) groups is 1. The lowest BCUT2D eigenvalue weighted by molar-refractivity contribution is 1.33. The van der Waals surface area contributed by atoms with Crippen LogP contribution in [0.5, 0.6) is 0 Å². The fourth-order valence-electron chi connectivity index (χ4n) is 0.622. The van der Waals surface area contributed by atoms with Crippen molar-refractivity contribution in [3.8, 4) is 0 Å². The first kappa shape index (κ1) is 8.23. The lowest BCUT2D eigenvalue weighted by Gasteiger charge is -2.01. The summed E-state index contributed by atoms with van der Waals surface area (Å²) in [6.45, 7) is 0. The molecule has 0 bridgehead atoms. The number of nitrogens with one attached hydrogen (secondary N) is 1. The molecule has 0 radical (unpaired) electrons. The van der Waals surface area contributed by atoms with Crippen molar-refractivity contribution in [3.63, 3.8) is 0 Å². The fourth-order valence-corrected chi connectivity index (χ4v) is 0.914. The number of anilines is 1. The van der Waals surface area contributed by atoms with E-state index in [1.807, 2.05) is 0 Å². The number of halogens is 1. The zero-order valence-electron chi connectivity index (χ0n) is 5.54. The van der Waals surface area contributed by atoms with E-state index in [0.29, 0.717) is 5.15 Å². The molecule has 0 aliphatic rings. The van der Waals surface area contributed by atoms with Crippen molar-refractivity contribution in [1.82, 2.24) is 4.98 Å².